The molecule has 0 aliphatic heterocycles. The van der Waals surface area contributed by atoms with Crippen molar-refractivity contribution in [3.63, 3.8) is 0 Å². The largest absolute Gasteiger partial charge is 0.468 e. The van der Waals surface area contributed by atoms with Crippen molar-refractivity contribution in [2.24, 2.45) is 0 Å². The molecule has 12 heavy (non-hydrogen) atoms. The second-order valence-corrected chi connectivity index (χ2v) is 2.46. The van der Waals surface area contributed by atoms with Crippen LogP contribution < -0.4 is 4.74 Å². The van der Waals surface area contributed by atoms with E-state index in [0.29, 0.717) is 17.2 Å². The molecule has 2 aromatic heterocycles. The van der Waals surface area contributed by atoms with Gasteiger partial charge in [-0.1, -0.05) is 0 Å². The van der Waals surface area contributed by atoms with Gasteiger partial charge in [-0.25, -0.2) is 4.98 Å². The number of nitrogens with zero attached hydrogens (tertiary/aromatic N) is 3. The van der Waals surface area contributed by atoms with Crippen LogP contribution in [0, 0.1) is 0 Å². The summed E-state index contributed by atoms with van der Waals surface area (Å²) >= 11 is 5.55. The van der Waals surface area contributed by atoms with Crippen molar-refractivity contribution >= 4 is 22.8 Å². The fourth-order valence-electron chi connectivity index (χ4n) is 0.861. The number of hydrogen-bond donors (Lipinski definition) is 1. The molecule has 0 aromatic carbocycles. The Balaban J connectivity index is 2.67. The summed E-state index contributed by atoms with van der Waals surface area (Å²) in [4.78, 5) is 14.5. The lowest BCUT2D eigenvalue weighted by molar-refractivity contribution is 0.386. The third-order valence-electron chi connectivity index (χ3n) is 1.38. The van der Waals surface area contributed by atoms with Crippen LogP contribution in [0.5, 0.6) is 6.01 Å². The van der Waals surface area contributed by atoms with Crippen LogP contribution in [0.3, 0.4) is 0 Å². The summed E-state index contributed by atoms with van der Waals surface area (Å²) in [6, 6.07) is 0.404. The van der Waals surface area contributed by atoms with E-state index in [1.807, 2.05) is 0 Å². The molecule has 2 heterocycles. The highest BCUT2D eigenvalue weighted by Crippen LogP contribution is 2.13. The van der Waals surface area contributed by atoms with E-state index >= 15 is 0 Å². The number of rotatable bonds is 1. The average Bonchev–Trinajstić information content (AvgIpc) is 2.46. The number of H-pyrrole nitrogens is 1. The molecule has 0 unspecified atom stereocenters. The molecule has 0 aliphatic rings. The Morgan fingerprint density at radius 1 is 1.50 bits per heavy atom. The highest BCUT2D eigenvalue weighted by molar-refractivity contribution is 6.28. The number of methoxy groups -OCH3 is 1. The lowest BCUT2D eigenvalue weighted by Gasteiger charge is -1.86. The van der Waals surface area contributed by atoms with E-state index in [0.717, 1.165) is 0 Å². The quantitative estimate of drug-likeness (QED) is 0.672. The Hall–Kier alpha value is -1.36. The molecule has 62 valence electrons. The van der Waals surface area contributed by atoms with Crippen LogP contribution in [0.2, 0.25) is 5.28 Å². The molecule has 0 amide bonds. The van der Waals surface area contributed by atoms with Gasteiger partial charge in [0.1, 0.15) is 5.52 Å². The number of ether oxygens (including phenoxy) is 1. The number of hydrogen-bond acceptors (Lipinski definition) is 4. The zero-order valence-electron chi connectivity index (χ0n) is 6.21. The number of nitrogens with one attached hydrogen (secondary N) is 1. The molecule has 6 heteroatoms. The van der Waals surface area contributed by atoms with E-state index in [2.05, 4.69) is 19.9 Å². The normalized spacial score (nSPS) is 10.5. The fraction of sp³-hybridized carbons (Fsp3) is 0.167. The number of aromatic nitrogens is 4. The van der Waals surface area contributed by atoms with Crippen molar-refractivity contribution < 1.29 is 4.74 Å². The summed E-state index contributed by atoms with van der Waals surface area (Å²) in [6.45, 7) is 0. The van der Waals surface area contributed by atoms with Crippen LogP contribution in [0.25, 0.3) is 11.2 Å². The van der Waals surface area contributed by atoms with Crippen LogP contribution in [0.1, 0.15) is 0 Å². The molecule has 0 radical (unpaired) electrons. The van der Waals surface area contributed by atoms with Crippen molar-refractivity contribution in [1.82, 2.24) is 19.9 Å². The predicted octanol–water partition coefficient (Wildman–Crippen LogP) is 1.01. The molecule has 0 bridgehead atoms. The molecule has 0 fully saturated rings. The van der Waals surface area contributed by atoms with E-state index in [1.54, 1.807) is 6.20 Å². The third-order valence-corrected chi connectivity index (χ3v) is 1.56. The molecule has 0 saturated carbocycles. The molecular weight excluding hydrogens is 180 g/mol. The Kier molecular flexibility index (Phi) is 1.58. The summed E-state index contributed by atoms with van der Waals surface area (Å²) in [5.41, 5.74) is 1.21. The summed E-state index contributed by atoms with van der Waals surface area (Å²) in [5, 5.41) is 0.177. The van der Waals surface area contributed by atoms with Gasteiger partial charge in [-0.2, -0.15) is 9.97 Å². The molecule has 0 aliphatic carbocycles. The number of aromatic amines is 1. The first-order valence-corrected chi connectivity index (χ1v) is 3.59. The molecule has 0 spiro atoms. The molecule has 2 aromatic rings. The van der Waals surface area contributed by atoms with Crippen molar-refractivity contribution in [1.29, 1.82) is 0 Å². The lowest BCUT2D eigenvalue weighted by Crippen LogP contribution is -1.82. The van der Waals surface area contributed by atoms with Gasteiger partial charge < -0.3 is 9.72 Å². The zero-order chi connectivity index (χ0) is 8.55. The molecule has 0 saturated heterocycles. The fourth-order valence-corrected chi connectivity index (χ4v) is 0.990. The van der Waals surface area contributed by atoms with Gasteiger partial charge in [0.15, 0.2) is 5.65 Å². The average molecular weight is 185 g/mol. The zero-order valence-corrected chi connectivity index (χ0v) is 6.96. The number of imidazole rings is 1. The van der Waals surface area contributed by atoms with Crippen molar-refractivity contribution in [2.45, 2.75) is 0 Å². The van der Waals surface area contributed by atoms with Gasteiger partial charge >= 0.3 is 0 Å². The Labute approximate surface area is 72.8 Å². The van der Waals surface area contributed by atoms with Crippen molar-refractivity contribution in [3.8, 4) is 6.01 Å². The van der Waals surface area contributed by atoms with E-state index in [9.17, 15) is 0 Å². The maximum atomic E-state index is 5.55. The minimum Gasteiger partial charge on any atom is -0.468 e. The number of fused-ring (bicyclic) bond motifs is 1. The first-order chi connectivity index (χ1) is 5.79. The van der Waals surface area contributed by atoms with E-state index in [-0.39, 0.29) is 5.28 Å². The van der Waals surface area contributed by atoms with Crippen LogP contribution >= 0.6 is 11.6 Å². The van der Waals surface area contributed by atoms with Crippen LogP contribution in [-0.4, -0.2) is 27.0 Å². The minimum atomic E-state index is 0.177. The topological polar surface area (TPSA) is 63.7 Å². The molecule has 1 N–H and O–H groups in total. The van der Waals surface area contributed by atoms with Crippen LogP contribution in [-0.2, 0) is 0 Å². The Bertz CT molecular complexity index is 413. The standard InChI is InChI=1S/C6H5ClN4O/c1-12-6-9-3-2-8-5(7)10-4(3)11-6/h2H,1H3,(H,8,9,10,11). The Morgan fingerprint density at radius 3 is 3.08 bits per heavy atom. The molecule has 0 atom stereocenters. The first kappa shape index (κ1) is 7.30. The van der Waals surface area contributed by atoms with Gasteiger partial charge in [-0.3, -0.25) is 0 Å². The third kappa shape index (κ3) is 1.08. The summed E-state index contributed by atoms with van der Waals surface area (Å²) in [5.74, 6) is 0. The van der Waals surface area contributed by atoms with Crippen LogP contribution in [0.4, 0.5) is 0 Å². The van der Waals surface area contributed by atoms with Gasteiger partial charge in [0.25, 0.3) is 6.01 Å². The maximum Gasteiger partial charge on any atom is 0.295 e. The van der Waals surface area contributed by atoms with Gasteiger partial charge in [-0.05, 0) is 11.6 Å². The molecule has 2 rings (SSSR count). The number of halogens is 1. The highest BCUT2D eigenvalue weighted by Gasteiger charge is 2.03. The Morgan fingerprint density at radius 2 is 2.33 bits per heavy atom. The van der Waals surface area contributed by atoms with Gasteiger partial charge in [0.2, 0.25) is 5.28 Å². The van der Waals surface area contributed by atoms with Crippen LogP contribution in [0.15, 0.2) is 6.20 Å². The molecular formula is C6H5ClN4O. The molecule has 5 nitrogen and oxygen atoms in total. The first-order valence-electron chi connectivity index (χ1n) is 3.22. The van der Waals surface area contributed by atoms with E-state index in [1.165, 1.54) is 7.11 Å². The highest BCUT2D eigenvalue weighted by atomic mass is 35.5. The van der Waals surface area contributed by atoms with Gasteiger partial charge in [0, 0.05) is 0 Å². The van der Waals surface area contributed by atoms with Gasteiger partial charge in [0.05, 0.1) is 13.3 Å². The monoisotopic (exact) mass is 184 g/mol. The maximum absolute atomic E-state index is 5.55. The smallest absolute Gasteiger partial charge is 0.295 e. The second kappa shape index (κ2) is 2.60. The van der Waals surface area contributed by atoms with Gasteiger partial charge in [-0.15, -0.1) is 0 Å². The van der Waals surface area contributed by atoms with Crippen molar-refractivity contribution in [3.05, 3.63) is 11.5 Å². The summed E-state index contributed by atoms with van der Waals surface area (Å²) in [6.07, 6.45) is 1.56. The second-order valence-electron chi connectivity index (χ2n) is 2.12. The van der Waals surface area contributed by atoms with E-state index in [4.69, 9.17) is 16.3 Å². The SMILES string of the molecule is COc1nc2nc(Cl)ncc2[nH]1. The predicted molar refractivity (Wildman–Crippen MR) is 43.2 cm³/mol. The summed E-state index contributed by atoms with van der Waals surface area (Å²) in [7, 11) is 1.52. The van der Waals surface area contributed by atoms with Crippen molar-refractivity contribution in [2.75, 3.05) is 7.11 Å². The summed E-state index contributed by atoms with van der Waals surface area (Å²) < 4.78 is 4.86. The lowest BCUT2D eigenvalue weighted by atomic mass is 10.6. The van der Waals surface area contributed by atoms with E-state index < -0.39 is 0 Å². The minimum absolute atomic E-state index is 0.177.